The molecule has 0 aliphatic heterocycles. The number of hydrogen-bond acceptors (Lipinski definition) is 3. The molecule has 3 aromatic heterocycles. The Balaban J connectivity index is 2.23. The molecule has 0 saturated carbocycles. The van der Waals surface area contributed by atoms with Crippen molar-refractivity contribution in [3.63, 3.8) is 0 Å². The number of hydrogen-bond donors (Lipinski definition) is 1. The van der Waals surface area contributed by atoms with Crippen LogP contribution >= 0.6 is 11.3 Å². The third kappa shape index (κ3) is 2.35. The Bertz CT molecular complexity index is 1210. The van der Waals surface area contributed by atoms with Crippen molar-refractivity contribution >= 4 is 33.1 Å². The average Bonchev–Trinajstić information content (AvgIpc) is 2.96. The van der Waals surface area contributed by atoms with Crippen LogP contribution in [0.4, 0.5) is 0 Å². The zero-order valence-corrected chi connectivity index (χ0v) is 15.1. The summed E-state index contributed by atoms with van der Waals surface area (Å²) in [4.78, 5) is 30.5. The molecule has 126 valence electrons. The van der Waals surface area contributed by atoms with Crippen LogP contribution in [0.15, 0.2) is 51.4 Å². The van der Waals surface area contributed by atoms with Crippen LogP contribution < -0.4 is 11.0 Å². The number of aromatic nitrogens is 2. The van der Waals surface area contributed by atoms with E-state index in [4.69, 9.17) is 0 Å². The van der Waals surface area contributed by atoms with Crippen molar-refractivity contribution in [2.75, 3.05) is 0 Å². The molecule has 0 aliphatic rings. The van der Waals surface area contributed by atoms with Gasteiger partial charge in [-0.05, 0) is 31.0 Å². The summed E-state index contributed by atoms with van der Waals surface area (Å²) in [6, 6.07) is 11.4. The molecule has 4 nitrogen and oxygen atoms in total. The molecule has 0 fully saturated rings. The van der Waals surface area contributed by atoms with Gasteiger partial charge in [0.05, 0.1) is 16.4 Å². The summed E-state index contributed by atoms with van der Waals surface area (Å²) in [5.74, 6) is 0.140. The van der Waals surface area contributed by atoms with E-state index in [0.717, 1.165) is 21.8 Å². The first-order valence-corrected chi connectivity index (χ1v) is 9.12. The summed E-state index contributed by atoms with van der Waals surface area (Å²) >= 11 is 1.52. The maximum absolute atomic E-state index is 13.3. The summed E-state index contributed by atoms with van der Waals surface area (Å²) in [6.07, 6.45) is 0. The van der Waals surface area contributed by atoms with Gasteiger partial charge in [0.25, 0.3) is 5.56 Å². The Morgan fingerprint density at radius 3 is 2.44 bits per heavy atom. The van der Waals surface area contributed by atoms with Crippen LogP contribution in [-0.2, 0) is 0 Å². The SMILES string of the molecule is Cc1scc2[nH]c3cc(C(C)C)n(-c4ccccc4)c(=O)c3c(=O)c12. The van der Waals surface area contributed by atoms with Crippen molar-refractivity contribution in [1.29, 1.82) is 0 Å². The molecule has 4 aromatic rings. The Labute approximate surface area is 148 Å². The van der Waals surface area contributed by atoms with Gasteiger partial charge in [-0.15, -0.1) is 11.3 Å². The number of rotatable bonds is 2. The molecule has 0 saturated heterocycles. The molecule has 0 aliphatic carbocycles. The number of para-hydroxylation sites is 1. The standard InChI is InChI=1S/C20H18N2O2S/c1-11(2)16-9-14-18(19(23)17-12(3)25-10-15(17)21-14)20(24)22(16)13-7-5-4-6-8-13/h4-11,21H,1-3H3. The van der Waals surface area contributed by atoms with Gasteiger partial charge in [0.1, 0.15) is 5.39 Å². The number of nitrogens with zero attached hydrogens (tertiary/aromatic N) is 1. The highest BCUT2D eigenvalue weighted by Crippen LogP contribution is 2.25. The van der Waals surface area contributed by atoms with Gasteiger partial charge in [-0.25, -0.2) is 0 Å². The lowest BCUT2D eigenvalue weighted by Gasteiger charge is -2.17. The number of fused-ring (bicyclic) bond motifs is 2. The fraction of sp³-hybridized carbons (Fsp3) is 0.200. The molecule has 0 radical (unpaired) electrons. The number of benzene rings is 1. The van der Waals surface area contributed by atoms with Crippen molar-refractivity contribution in [2.24, 2.45) is 0 Å². The topological polar surface area (TPSA) is 54.9 Å². The van der Waals surface area contributed by atoms with Crippen molar-refractivity contribution in [3.8, 4) is 5.69 Å². The molecular weight excluding hydrogens is 332 g/mol. The van der Waals surface area contributed by atoms with Gasteiger partial charge in [0, 0.05) is 21.6 Å². The van der Waals surface area contributed by atoms with Crippen molar-refractivity contribution < 1.29 is 0 Å². The zero-order valence-electron chi connectivity index (χ0n) is 14.3. The molecule has 1 N–H and O–H groups in total. The highest BCUT2D eigenvalue weighted by atomic mass is 32.1. The monoisotopic (exact) mass is 350 g/mol. The van der Waals surface area contributed by atoms with E-state index in [1.807, 2.05) is 62.5 Å². The van der Waals surface area contributed by atoms with Crippen LogP contribution in [0.1, 0.15) is 30.3 Å². The number of pyridine rings is 2. The van der Waals surface area contributed by atoms with Crippen LogP contribution in [0.2, 0.25) is 0 Å². The smallest absolute Gasteiger partial charge is 0.268 e. The van der Waals surface area contributed by atoms with E-state index >= 15 is 0 Å². The maximum Gasteiger partial charge on any atom is 0.268 e. The molecule has 0 spiro atoms. The van der Waals surface area contributed by atoms with Gasteiger partial charge < -0.3 is 4.98 Å². The van der Waals surface area contributed by atoms with Crippen LogP contribution in [0.3, 0.4) is 0 Å². The van der Waals surface area contributed by atoms with Crippen molar-refractivity contribution in [1.82, 2.24) is 9.55 Å². The van der Waals surface area contributed by atoms with Gasteiger partial charge >= 0.3 is 0 Å². The second-order valence-electron chi connectivity index (χ2n) is 6.52. The van der Waals surface area contributed by atoms with Crippen LogP contribution in [0, 0.1) is 6.92 Å². The van der Waals surface area contributed by atoms with E-state index in [2.05, 4.69) is 4.98 Å². The summed E-state index contributed by atoms with van der Waals surface area (Å²) in [6.45, 7) is 6.00. The summed E-state index contributed by atoms with van der Waals surface area (Å²) in [5, 5.41) is 2.78. The van der Waals surface area contributed by atoms with Crippen LogP contribution in [0.5, 0.6) is 0 Å². The largest absolute Gasteiger partial charge is 0.353 e. The lowest BCUT2D eigenvalue weighted by molar-refractivity contribution is 0.764. The summed E-state index contributed by atoms with van der Waals surface area (Å²) in [7, 11) is 0. The van der Waals surface area contributed by atoms with E-state index < -0.39 is 0 Å². The Morgan fingerprint density at radius 1 is 1.04 bits per heavy atom. The number of aryl methyl sites for hydroxylation is 1. The molecule has 25 heavy (non-hydrogen) atoms. The van der Waals surface area contributed by atoms with E-state index in [-0.39, 0.29) is 22.3 Å². The molecule has 5 heteroatoms. The maximum atomic E-state index is 13.3. The van der Waals surface area contributed by atoms with Gasteiger partial charge in [-0.1, -0.05) is 32.0 Å². The molecule has 0 bridgehead atoms. The molecule has 0 atom stereocenters. The second kappa shape index (κ2) is 5.70. The fourth-order valence-corrected chi connectivity index (χ4v) is 4.11. The highest BCUT2D eigenvalue weighted by Gasteiger charge is 2.18. The molecule has 4 rings (SSSR count). The third-order valence-electron chi connectivity index (χ3n) is 4.54. The Morgan fingerprint density at radius 2 is 1.76 bits per heavy atom. The molecule has 0 unspecified atom stereocenters. The fourth-order valence-electron chi connectivity index (χ4n) is 3.31. The minimum Gasteiger partial charge on any atom is -0.353 e. The minimum atomic E-state index is -0.263. The quantitative estimate of drug-likeness (QED) is 0.585. The second-order valence-corrected chi connectivity index (χ2v) is 7.61. The van der Waals surface area contributed by atoms with E-state index in [1.165, 1.54) is 11.3 Å². The van der Waals surface area contributed by atoms with E-state index in [0.29, 0.717) is 10.9 Å². The van der Waals surface area contributed by atoms with Crippen molar-refractivity contribution in [2.45, 2.75) is 26.7 Å². The van der Waals surface area contributed by atoms with E-state index in [1.54, 1.807) is 4.57 Å². The summed E-state index contributed by atoms with van der Waals surface area (Å²) in [5.41, 5.74) is 2.61. The van der Waals surface area contributed by atoms with Gasteiger partial charge in [0.2, 0.25) is 5.43 Å². The zero-order chi connectivity index (χ0) is 17.7. The first-order valence-electron chi connectivity index (χ1n) is 8.24. The number of H-pyrrole nitrogens is 1. The van der Waals surface area contributed by atoms with E-state index in [9.17, 15) is 9.59 Å². The molecular formula is C20H18N2O2S. The van der Waals surface area contributed by atoms with Gasteiger partial charge in [-0.2, -0.15) is 0 Å². The lowest BCUT2D eigenvalue weighted by atomic mass is 10.1. The Kier molecular flexibility index (Phi) is 3.62. The van der Waals surface area contributed by atoms with Crippen LogP contribution in [0.25, 0.3) is 27.5 Å². The average molecular weight is 350 g/mol. The lowest BCUT2D eigenvalue weighted by Crippen LogP contribution is -2.27. The predicted molar refractivity (Wildman–Crippen MR) is 104 cm³/mol. The molecule has 0 amide bonds. The highest BCUT2D eigenvalue weighted by molar-refractivity contribution is 7.11. The first-order chi connectivity index (χ1) is 12.0. The minimum absolute atomic E-state index is 0.140. The third-order valence-corrected chi connectivity index (χ3v) is 5.45. The number of aromatic amines is 1. The van der Waals surface area contributed by atoms with Gasteiger partial charge in [0.15, 0.2) is 0 Å². The Hall–Kier alpha value is -2.66. The normalized spacial score (nSPS) is 11.7. The molecule has 3 heterocycles. The van der Waals surface area contributed by atoms with Gasteiger partial charge in [-0.3, -0.25) is 14.2 Å². The van der Waals surface area contributed by atoms with Crippen molar-refractivity contribution in [3.05, 3.63) is 72.9 Å². The number of nitrogens with one attached hydrogen (secondary N) is 1. The number of thiophene rings is 1. The first kappa shape index (κ1) is 15.8. The molecule has 1 aromatic carbocycles. The predicted octanol–water partition coefficient (Wildman–Crippen LogP) is 4.33. The summed E-state index contributed by atoms with van der Waals surface area (Å²) < 4.78 is 1.66. The van der Waals surface area contributed by atoms with Crippen LogP contribution in [-0.4, -0.2) is 9.55 Å².